The summed E-state index contributed by atoms with van der Waals surface area (Å²) in [6, 6.07) is 0. The van der Waals surface area contributed by atoms with Gasteiger partial charge in [0.1, 0.15) is 0 Å². The monoisotopic (exact) mass is 123 g/mol. The smallest absolute Gasteiger partial charge is 0.155 e. The van der Waals surface area contributed by atoms with E-state index >= 15 is 0 Å². The fraction of sp³-hybridized carbons (Fsp3) is 1.00. The van der Waals surface area contributed by atoms with Gasteiger partial charge in [-0.25, -0.2) is 4.39 Å². The van der Waals surface area contributed by atoms with E-state index in [0.29, 0.717) is 6.54 Å². The van der Waals surface area contributed by atoms with Crippen LogP contribution in [-0.2, 0) is 0 Å². The highest BCUT2D eigenvalue weighted by molar-refractivity contribution is 7.80. The molecule has 1 nitrogen and oxygen atoms in total. The predicted octanol–water partition coefficient (Wildman–Crippen LogP) is 0.773. The lowest BCUT2D eigenvalue weighted by Gasteiger charge is -2.07. The molecule has 1 atom stereocenters. The molecule has 0 bridgehead atoms. The van der Waals surface area contributed by atoms with Crippen molar-refractivity contribution in [2.24, 2.45) is 0 Å². The lowest BCUT2D eigenvalue weighted by Crippen LogP contribution is -2.18. The average molecular weight is 123 g/mol. The standard InChI is InChI=1S/C4H10FNS/c1-6(2)3-4(5)7/h4,7H,3H2,1-2H3. The summed E-state index contributed by atoms with van der Waals surface area (Å²) in [6.07, 6.45) is 0. The summed E-state index contributed by atoms with van der Waals surface area (Å²) < 4.78 is 11.8. The number of hydrogen-bond donors (Lipinski definition) is 1. The van der Waals surface area contributed by atoms with Gasteiger partial charge in [0.05, 0.1) is 0 Å². The molecule has 3 heteroatoms. The molecular weight excluding hydrogens is 113 g/mol. The van der Waals surface area contributed by atoms with Crippen LogP contribution in [0.15, 0.2) is 0 Å². The molecule has 0 aromatic heterocycles. The number of thiol groups is 1. The van der Waals surface area contributed by atoms with Crippen LogP contribution in [0.3, 0.4) is 0 Å². The highest BCUT2D eigenvalue weighted by Gasteiger charge is 1.97. The van der Waals surface area contributed by atoms with Crippen molar-refractivity contribution in [1.29, 1.82) is 0 Å². The van der Waals surface area contributed by atoms with Gasteiger partial charge in [0.2, 0.25) is 0 Å². The summed E-state index contributed by atoms with van der Waals surface area (Å²) in [7, 11) is 3.62. The van der Waals surface area contributed by atoms with Gasteiger partial charge in [-0.3, -0.25) is 0 Å². The second-order valence-corrected chi connectivity index (χ2v) is 2.26. The molecule has 0 radical (unpaired) electrons. The first-order valence-corrected chi connectivity index (χ1v) is 2.61. The first-order chi connectivity index (χ1) is 3.13. The van der Waals surface area contributed by atoms with Crippen molar-refractivity contribution in [2.45, 2.75) is 5.50 Å². The van der Waals surface area contributed by atoms with Crippen molar-refractivity contribution < 1.29 is 4.39 Å². The van der Waals surface area contributed by atoms with Crippen LogP contribution >= 0.6 is 12.6 Å². The van der Waals surface area contributed by atoms with Crippen molar-refractivity contribution in [3.8, 4) is 0 Å². The van der Waals surface area contributed by atoms with Crippen LogP contribution in [-0.4, -0.2) is 31.0 Å². The lowest BCUT2D eigenvalue weighted by atomic mass is 10.6. The van der Waals surface area contributed by atoms with E-state index in [2.05, 4.69) is 12.6 Å². The molecule has 44 valence electrons. The van der Waals surface area contributed by atoms with Crippen LogP contribution in [0, 0.1) is 0 Å². The molecule has 7 heavy (non-hydrogen) atoms. The highest BCUT2D eigenvalue weighted by Crippen LogP contribution is 1.95. The van der Waals surface area contributed by atoms with Gasteiger partial charge < -0.3 is 4.90 Å². The van der Waals surface area contributed by atoms with Gasteiger partial charge in [-0.2, -0.15) is 0 Å². The normalized spacial score (nSPS) is 15.0. The van der Waals surface area contributed by atoms with E-state index < -0.39 is 5.50 Å². The van der Waals surface area contributed by atoms with E-state index in [1.54, 1.807) is 4.90 Å². The number of hydrogen-bond acceptors (Lipinski definition) is 2. The number of nitrogens with zero attached hydrogens (tertiary/aromatic N) is 1. The Bertz CT molecular complexity index is 41.0. The Morgan fingerprint density at radius 3 is 2.14 bits per heavy atom. The van der Waals surface area contributed by atoms with E-state index in [0.717, 1.165) is 0 Å². The fourth-order valence-corrected chi connectivity index (χ4v) is 0.628. The topological polar surface area (TPSA) is 3.24 Å². The molecule has 0 aromatic carbocycles. The summed E-state index contributed by atoms with van der Waals surface area (Å²) >= 11 is 3.53. The van der Waals surface area contributed by atoms with Crippen molar-refractivity contribution in [2.75, 3.05) is 20.6 Å². The third-order valence-corrected chi connectivity index (χ3v) is 0.679. The predicted molar refractivity (Wildman–Crippen MR) is 32.4 cm³/mol. The highest BCUT2D eigenvalue weighted by atomic mass is 32.1. The van der Waals surface area contributed by atoms with Gasteiger partial charge in [-0.15, -0.1) is 12.6 Å². The summed E-state index contributed by atoms with van der Waals surface area (Å²) in [5.74, 6) is 0. The van der Waals surface area contributed by atoms with Gasteiger partial charge in [-0.1, -0.05) is 0 Å². The van der Waals surface area contributed by atoms with Crippen molar-refractivity contribution in [3.63, 3.8) is 0 Å². The molecule has 0 aliphatic heterocycles. The van der Waals surface area contributed by atoms with Gasteiger partial charge in [0.25, 0.3) is 0 Å². The molecule has 0 fully saturated rings. The molecule has 0 N–H and O–H groups in total. The Morgan fingerprint density at radius 2 is 2.14 bits per heavy atom. The molecule has 0 rings (SSSR count). The zero-order valence-corrected chi connectivity index (χ0v) is 5.45. The molecule has 0 heterocycles. The third kappa shape index (κ3) is 6.24. The van der Waals surface area contributed by atoms with Crippen molar-refractivity contribution in [3.05, 3.63) is 0 Å². The molecule has 0 aliphatic carbocycles. The maximum absolute atomic E-state index is 11.8. The Hall–Kier alpha value is 0.240. The van der Waals surface area contributed by atoms with Gasteiger partial charge in [0.15, 0.2) is 5.50 Å². The van der Waals surface area contributed by atoms with Crippen LogP contribution in [0.25, 0.3) is 0 Å². The largest absolute Gasteiger partial charge is 0.306 e. The van der Waals surface area contributed by atoms with Crippen molar-refractivity contribution in [1.82, 2.24) is 4.90 Å². The minimum Gasteiger partial charge on any atom is -0.306 e. The minimum atomic E-state index is -1.00. The Balaban J connectivity index is 2.95. The molecule has 0 aromatic rings. The summed E-state index contributed by atoms with van der Waals surface area (Å²) in [6.45, 7) is 0.392. The van der Waals surface area contributed by atoms with Crippen LogP contribution in [0.4, 0.5) is 4.39 Å². The molecule has 0 saturated carbocycles. The van der Waals surface area contributed by atoms with Gasteiger partial charge in [0, 0.05) is 6.54 Å². The second kappa shape index (κ2) is 3.27. The SMILES string of the molecule is CN(C)CC(F)S. The van der Waals surface area contributed by atoms with E-state index in [1.165, 1.54) is 0 Å². The average Bonchev–Trinajstić information content (AvgIpc) is 1.27. The number of halogens is 1. The Morgan fingerprint density at radius 1 is 1.71 bits per heavy atom. The molecule has 1 unspecified atom stereocenters. The molecule has 0 spiro atoms. The van der Waals surface area contributed by atoms with E-state index in [4.69, 9.17) is 0 Å². The van der Waals surface area contributed by atoms with E-state index in [1.807, 2.05) is 14.1 Å². The molecular formula is C4H10FNS. The quantitative estimate of drug-likeness (QED) is 0.531. The van der Waals surface area contributed by atoms with Crippen LogP contribution in [0.5, 0.6) is 0 Å². The maximum Gasteiger partial charge on any atom is 0.155 e. The number of alkyl halides is 1. The van der Waals surface area contributed by atoms with E-state index in [9.17, 15) is 4.39 Å². The van der Waals surface area contributed by atoms with Gasteiger partial charge >= 0.3 is 0 Å². The Labute approximate surface area is 48.9 Å². The summed E-state index contributed by atoms with van der Waals surface area (Å²) in [5.41, 5.74) is -1.00. The van der Waals surface area contributed by atoms with Crippen molar-refractivity contribution >= 4 is 12.6 Å². The van der Waals surface area contributed by atoms with E-state index in [-0.39, 0.29) is 0 Å². The Kier molecular flexibility index (Phi) is 3.38. The maximum atomic E-state index is 11.8. The zero-order valence-electron chi connectivity index (χ0n) is 4.56. The van der Waals surface area contributed by atoms with Crippen LogP contribution in [0.1, 0.15) is 0 Å². The first-order valence-electron chi connectivity index (χ1n) is 2.10. The number of rotatable bonds is 2. The first kappa shape index (κ1) is 7.24. The lowest BCUT2D eigenvalue weighted by molar-refractivity contribution is 0.321. The minimum absolute atomic E-state index is 0.392. The van der Waals surface area contributed by atoms with Gasteiger partial charge in [-0.05, 0) is 14.1 Å². The summed E-state index contributed by atoms with van der Waals surface area (Å²) in [4.78, 5) is 1.75. The fourth-order valence-electron chi connectivity index (χ4n) is 0.301. The molecule has 0 amide bonds. The zero-order chi connectivity index (χ0) is 5.86. The molecule has 0 aliphatic rings. The van der Waals surface area contributed by atoms with Crippen LogP contribution < -0.4 is 0 Å². The third-order valence-electron chi connectivity index (χ3n) is 0.516. The second-order valence-electron chi connectivity index (χ2n) is 1.70. The molecule has 0 saturated heterocycles. The summed E-state index contributed by atoms with van der Waals surface area (Å²) in [5, 5.41) is 0. The van der Waals surface area contributed by atoms with Crippen LogP contribution in [0.2, 0.25) is 0 Å².